The van der Waals surface area contributed by atoms with Gasteiger partial charge >= 0.3 is 0 Å². The molecule has 16 heavy (non-hydrogen) atoms. The Morgan fingerprint density at radius 3 is 2.50 bits per heavy atom. The average Bonchev–Trinajstić information content (AvgIpc) is 2.68. The molecule has 0 bridgehead atoms. The van der Waals surface area contributed by atoms with Crippen molar-refractivity contribution in [2.24, 2.45) is 4.99 Å². The van der Waals surface area contributed by atoms with Crippen molar-refractivity contribution < 1.29 is 4.79 Å². The van der Waals surface area contributed by atoms with Crippen LogP contribution in [0.4, 0.5) is 0 Å². The summed E-state index contributed by atoms with van der Waals surface area (Å²) in [5, 5.41) is 5.90. The Bertz CT molecular complexity index is 427. The second kappa shape index (κ2) is 3.96. The number of aliphatic imine (C=N–C) groups is 1. The molecule has 1 aliphatic rings. The van der Waals surface area contributed by atoms with Crippen LogP contribution in [0.1, 0.15) is 18.9 Å². The van der Waals surface area contributed by atoms with E-state index in [4.69, 9.17) is 0 Å². The van der Waals surface area contributed by atoms with Crippen LogP contribution in [0.3, 0.4) is 0 Å². The fourth-order valence-electron chi connectivity index (χ4n) is 2.00. The predicted molar refractivity (Wildman–Crippen MR) is 63.0 cm³/mol. The van der Waals surface area contributed by atoms with E-state index in [-0.39, 0.29) is 5.91 Å². The molecule has 1 unspecified atom stereocenters. The predicted octanol–water partition coefficient (Wildman–Crippen LogP) is 0.997. The van der Waals surface area contributed by atoms with Gasteiger partial charge in [-0.15, -0.1) is 0 Å². The standard InChI is InChI=1S/C12H15N3O/c1-3-12(9-7-5-4-6-8-9)10(16)14-11(13-2)15-12/h4-8H,3H2,1-2H3,(H2,13,14,15,16). The lowest BCUT2D eigenvalue weighted by molar-refractivity contribution is -0.124. The molecule has 0 aliphatic carbocycles. The van der Waals surface area contributed by atoms with Crippen molar-refractivity contribution in [1.82, 2.24) is 10.6 Å². The third-order valence-corrected chi connectivity index (χ3v) is 2.97. The summed E-state index contributed by atoms with van der Waals surface area (Å²) < 4.78 is 0. The van der Waals surface area contributed by atoms with E-state index in [0.29, 0.717) is 12.4 Å². The number of carbonyl (C=O) groups excluding carboxylic acids is 1. The van der Waals surface area contributed by atoms with Gasteiger partial charge in [0.1, 0.15) is 5.54 Å². The molecule has 84 valence electrons. The molecule has 1 amide bonds. The van der Waals surface area contributed by atoms with Crippen LogP contribution < -0.4 is 10.6 Å². The molecule has 0 saturated carbocycles. The molecule has 2 N–H and O–H groups in total. The molecule has 0 aromatic heterocycles. The minimum Gasteiger partial charge on any atom is -0.338 e. The van der Waals surface area contributed by atoms with Crippen molar-refractivity contribution >= 4 is 11.9 Å². The van der Waals surface area contributed by atoms with Crippen LogP contribution in [0, 0.1) is 0 Å². The highest BCUT2D eigenvalue weighted by molar-refractivity contribution is 6.09. The van der Waals surface area contributed by atoms with Gasteiger partial charge in [0.25, 0.3) is 5.91 Å². The van der Waals surface area contributed by atoms with E-state index in [1.165, 1.54) is 0 Å². The molecule has 4 heteroatoms. The third kappa shape index (κ3) is 1.46. The Morgan fingerprint density at radius 1 is 1.31 bits per heavy atom. The van der Waals surface area contributed by atoms with Crippen molar-refractivity contribution in [2.45, 2.75) is 18.9 Å². The van der Waals surface area contributed by atoms with Crippen LogP contribution in [0.2, 0.25) is 0 Å². The van der Waals surface area contributed by atoms with Gasteiger partial charge in [0.15, 0.2) is 5.96 Å². The maximum atomic E-state index is 12.0. The molecule has 1 heterocycles. The number of rotatable bonds is 2. The first-order chi connectivity index (χ1) is 7.73. The molecule has 1 fully saturated rings. The topological polar surface area (TPSA) is 53.5 Å². The van der Waals surface area contributed by atoms with E-state index in [2.05, 4.69) is 15.6 Å². The summed E-state index contributed by atoms with van der Waals surface area (Å²) in [5.74, 6) is 0.498. The molecule has 0 spiro atoms. The molecule has 4 nitrogen and oxygen atoms in total. The molecular formula is C12H15N3O. The van der Waals surface area contributed by atoms with Gasteiger partial charge in [-0.05, 0) is 12.0 Å². The number of amides is 1. The Hall–Kier alpha value is -1.84. The average molecular weight is 217 g/mol. The van der Waals surface area contributed by atoms with Gasteiger partial charge in [-0.25, -0.2) is 0 Å². The first-order valence-electron chi connectivity index (χ1n) is 5.35. The Labute approximate surface area is 94.8 Å². The van der Waals surface area contributed by atoms with Crippen LogP contribution >= 0.6 is 0 Å². The number of guanidine groups is 1. The highest BCUT2D eigenvalue weighted by Gasteiger charge is 2.44. The van der Waals surface area contributed by atoms with Gasteiger partial charge in [-0.3, -0.25) is 15.1 Å². The summed E-state index contributed by atoms with van der Waals surface area (Å²) in [6.07, 6.45) is 0.682. The molecular weight excluding hydrogens is 202 g/mol. The lowest BCUT2D eigenvalue weighted by Crippen LogP contribution is -2.43. The number of benzene rings is 1. The van der Waals surface area contributed by atoms with Gasteiger partial charge < -0.3 is 5.32 Å². The minimum absolute atomic E-state index is 0.0400. The third-order valence-electron chi connectivity index (χ3n) is 2.97. The highest BCUT2D eigenvalue weighted by atomic mass is 16.2. The molecule has 1 atom stereocenters. The van der Waals surface area contributed by atoms with Crippen molar-refractivity contribution in [3.05, 3.63) is 35.9 Å². The monoisotopic (exact) mass is 217 g/mol. The van der Waals surface area contributed by atoms with E-state index < -0.39 is 5.54 Å². The van der Waals surface area contributed by atoms with Gasteiger partial charge in [-0.2, -0.15) is 0 Å². The number of hydrogen-bond acceptors (Lipinski definition) is 2. The second-order valence-corrected chi connectivity index (χ2v) is 3.78. The number of nitrogens with one attached hydrogen (secondary N) is 2. The van der Waals surface area contributed by atoms with Crippen molar-refractivity contribution in [2.75, 3.05) is 7.05 Å². The van der Waals surface area contributed by atoms with E-state index in [1.807, 2.05) is 37.3 Å². The van der Waals surface area contributed by atoms with Crippen molar-refractivity contribution in [3.63, 3.8) is 0 Å². The molecule has 1 aromatic carbocycles. The molecule has 1 aliphatic heterocycles. The van der Waals surface area contributed by atoms with E-state index in [9.17, 15) is 4.79 Å². The molecule has 1 saturated heterocycles. The summed E-state index contributed by atoms with van der Waals surface area (Å²) in [7, 11) is 1.65. The summed E-state index contributed by atoms with van der Waals surface area (Å²) in [4.78, 5) is 16.0. The molecule has 0 radical (unpaired) electrons. The zero-order valence-electron chi connectivity index (χ0n) is 9.45. The quantitative estimate of drug-likeness (QED) is 0.776. The van der Waals surface area contributed by atoms with Crippen LogP contribution in [-0.2, 0) is 10.3 Å². The van der Waals surface area contributed by atoms with Gasteiger partial charge in [0, 0.05) is 7.05 Å². The Balaban J connectivity index is 2.45. The lowest BCUT2D eigenvalue weighted by atomic mass is 9.87. The number of carbonyl (C=O) groups is 1. The maximum Gasteiger partial charge on any atom is 0.257 e. The van der Waals surface area contributed by atoms with Crippen molar-refractivity contribution in [1.29, 1.82) is 0 Å². The van der Waals surface area contributed by atoms with E-state index in [1.54, 1.807) is 7.05 Å². The fraction of sp³-hybridized carbons (Fsp3) is 0.333. The summed E-state index contributed by atoms with van der Waals surface area (Å²) in [6.45, 7) is 1.98. The molecule has 2 rings (SSSR count). The van der Waals surface area contributed by atoms with Gasteiger partial charge in [0.2, 0.25) is 0 Å². The smallest absolute Gasteiger partial charge is 0.257 e. The summed E-state index contributed by atoms with van der Waals surface area (Å²) in [6, 6.07) is 9.71. The molecule has 1 aromatic rings. The van der Waals surface area contributed by atoms with Gasteiger partial charge in [-0.1, -0.05) is 37.3 Å². The minimum atomic E-state index is -0.671. The van der Waals surface area contributed by atoms with Gasteiger partial charge in [0.05, 0.1) is 0 Å². The second-order valence-electron chi connectivity index (χ2n) is 3.78. The largest absolute Gasteiger partial charge is 0.338 e. The van der Waals surface area contributed by atoms with Crippen LogP contribution in [0.15, 0.2) is 35.3 Å². The summed E-state index contributed by atoms with van der Waals surface area (Å²) in [5.41, 5.74) is 0.296. The van der Waals surface area contributed by atoms with Crippen LogP contribution in [-0.4, -0.2) is 18.9 Å². The van der Waals surface area contributed by atoms with Crippen LogP contribution in [0.25, 0.3) is 0 Å². The first-order valence-corrected chi connectivity index (χ1v) is 5.35. The fourth-order valence-corrected chi connectivity index (χ4v) is 2.00. The Morgan fingerprint density at radius 2 is 2.00 bits per heavy atom. The number of hydrogen-bond donors (Lipinski definition) is 2. The van der Waals surface area contributed by atoms with Crippen molar-refractivity contribution in [3.8, 4) is 0 Å². The number of nitrogens with zero attached hydrogens (tertiary/aromatic N) is 1. The normalized spacial score (nSPS) is 26.6. The lowest BCUT2D eigenvalue weighted by Gasteiger charge is -2.25. The van der Waals surface area contributed by atoms with E-state index >= 15 is 0 Å². The van der Waals surface area contributed by atoms with E-state index in [0.717, 1.165) is 5.56 Å². The zero-order valence-corrected chi connectivity index (χ0v) is 9.45. The first kappa shape index (κ1) is 10.7. The summed E-state index contributed by atoms with van der Waals surface area (Å²) >= 11 is 0. The highest BCUT2D eigenvalue weighted by Crippen LogP contribution is 2.27. The maximum absolute atomic E-state index is 12.0. The van der Waals surface area contributed by atoms with Crippen LogP contribution in [0.5, 0.6) is 0 Å². The SMILES string of the molecule is CCC1(c2ccccc2)NC(=NC)NC1=O. The zero-order chi connectivity index (χ0) is 11.6. The Kier molecular flexibility index (Phi) is 2.64.